The zero-order valence-corrected chi connectivity index (χ0v) is 13.0. The number of nitrogens with one attached hydrogen (secondary N) is 1. The largest absolute Gasteiger partial charge is 0.390 e. The predicted octanol–water partition coefficient (Wildman–Crippen LogP) is 2.51. The summed E-state index contributed by atoms with van der Waals surface area (Å²) in [6.45, 7) is 3.87. The Morgan fingerprint density at radius 3 is 2.84 bits per heavy atom. The average molecular weight is 334 g/mol. The standard InChI is InChI=1S/C14H21BrFNO2/c1-14(18,5-6-17-7-8-19-2)10-11-9-12(16)3-4-13(11)15/h3-4,9,17-18H,5-8,10H2,1-2H3. The summed E-state index contributed by atoms with van der Waals surface area (Å²) in [5.74, 6) is -0.285. The van der Waals surface area contributed by atoms with Crippen LogP contribution in [0, 0.1) is 5.82 Å². The van der Waals surface area contributed by atoms with Gasteiger partial charge in [-0.2, -0.15) is 0 Å². The molecule has 0 spiro atoms. The first-order valence-corrected chi connectivity index (χ1v) is 7.10. The van der Waals surface area contributed by atoms with Gasteiger partial charge in [0.25, 0.3) is 0 Å². The lowest BCUT2D eigenvalue weighted by molar-refractivity contribution is 0.0508. The van der Waals surface area contributed by atoms with Crippen molar-refractivity contribution >= 4 is 15.9 Å². The van der Waals surface area contributed by atoms with E-state index in [9.17, 15) is 9.50 Å². The minimum atomic E-state index is -0.865. The Bertz CT molecular complexity index is 399. The Labute approximate surface area is 122 Å². The second kappa shape index (κ2) is 7.94. The van der Waals surface area contributed by atoms with E-state index >= 15 is 0 Å². The average Bonchev–Trinajstić information content (AvgIpc) is 2.33. The van der Waals surface area contributed by atoms with E-state index in [2.05, 4.69) is 21.2 Å². The molecular formula is C14H21BrFNO2. The number of hydrogen-bond acceptors (Lipinski definition) is 3. The summed E-state index contributed by atoms with van der Waals surface area (Å²) in [6.07, 6.45) is 1.01. The molecule has 0 heterocycles. The molecule has 0 saturated heterocycles. The number of rotatable bonds is 8. The normalized spacial score (nSPS) is 14.4. The second-order valence-corrected chi connectivity index (χ2v) is 5.76. The van der Waals surface area contributed by atoms with Crippen molar-refractivity contribution in [2.45, 2.75) is 25.4 Å². The van der Waals surface area contributed by atoms with Gasteiger partial charge in [-0.1, -0.05) is 15.9 Å². The Morgan fingerprint density at radius 2 is 2.16 bits per heavy atom. The lowest BCUT2D eigenvalue weighted by Crippen LogP contribution is -2.33. The number of aliphatic hydroxyl groups is 1. The summed E-state index contributed by atoms with van der Waals surface area (Å²) >= 11 is 3.38. The highest BCUT2D eigenvalue weighted by Gasteiger charge is 2.21. The topological polar surface area (TPSA) is 41.5 Å². The zero-order chi connectivity index (χ0) is 14.3. The van der Waals surface area contributed by atoms with Crippen LogP contribution in [0.5, 0.6) is 0 Å². The van der Waals surface area contributed by atoms with Gasteiger partial charge in [0.15, 0.2) is 0 Å². The molecule has 19 heavy (non-hydrogen) atoms. The quantitative estimate of drug-likeness (QED) is 0.718. The van der Waals surface area contributed by atoms with Gasteiger partial charge in [0, 0.05) is 24.5 Å². The SMILES string of the molecule is COCCNCCC(C)(O)Cc1cc(F)ccc1Br. The molecule has 0 fully saturated rings. The first-order valence-electron chi connectivity index (χ1n) is 6.30. The van der Waals surface area contributed by atoms with E-state index < -0.39 is 5.60 Å². The van der Waals surface area contributed by atoms with Crippen molar-refractivity contribution in [3.8, 4) is 0 Å². The molecule has 1 aromatic rings. The molecule has 1 unspecified atom stereocenters. The molecule has 5 heteroatoms. The molecule has 1 rings (SSSR count). The Kier molecular flexibility index (Phi) is 6.93. The predicted molar refractivity (Wildman–Crippen MR) is 77.8 cm³/mol. The van der Waals surface area contributed by atoms with Crippen LogP contribution in [0.3, 0.4) is 0 Å². The van der Waals surface area contributed by atoms with Gasteiger partial charge in [-0.25, -0.2) is 4.39 Å². The van der Waals surface area contributed by atoms with Crippen LogP contribution in [-0.2, 0) is 11.2 Å². The summed E-state index contributed by atoms with van der Waals surface area (Å²) in [7, 11) is 1.65. The summed E-state index contributed by atoms with van der Waals surface area (Å²) in [6, 6.07) is 4.52. The molecule has 0 amide bonds. The number of hydrogen-bond donors (Lipinski definition) is 2. The fourth-order valence-corrected chi connectivity index (χ4v) is 2.22. The highest BCUT2D eigenvalue weighted by atomic mass is 79.9. The third-order valence-electron chi connectivity index (χ3n) is 2.90. The highest BCUT2D eigenvalue weighted by molar-refractivity contribution is 9.10. The lowest BCUT2D eigenvalue weighted by Gasteiger charge is -2.24. The molecule has 1 atom stereocenters. The van der Waals surface area contributed by atoms with Gasteiger partial charge >= 0.3 is 0 Å². The maximum absolute atomic E-state index is 13.2. The second-order valence-electron chi connectivity index (χ2n) is 4.90. The summed E-state index contributed by atoms with van der Waals surface area (Å²) in [5, 5.41) is 13.5. The molecule has 0 aliphatic carbocycles. The van der Waals surface area contributed by atoms with Gasteiger partial charge in [-0.05, 0) is 43.7 Å². The number of halogens is 2. The fourth-order valence-electron chi connectivity index (χ4n) is 1.83. The van der Waals surface area contributed by atoms with Crippen LogP contribution in [0.15, 0.2) is 22.7 Å². The van der Waals surface area contributed by atoms with E-state index in [1.807, 2.05) is 0 Å². The van der Waals surface area contributed by atoms with E-state index in [1.54, 1.807) is 20.1 Å². The molecule has 0 radical (unpaired) electrons. The number of methoxy groups -OCH3 is 1. The van der Waals surface area contributed by atoms with Gasteiger partial charge in [0.05, 0.1) is 12.2 Å². The minimum absolute atomic E-state index is 0.285. The van der Waals surface area contributed by atoms with E-state index in [1.165, 1.54) is 12.1 Å². The van der Waals surface area contributed by atoms with Crippen LogP contribution in [0.1, 0.15) is 18.9 Å². The van der Waals surface area contributed by atoms with Crippen molar-refractivity contribution in [2.24, 2.45) is 0 Å². The maximum Gasteiger partial charge on any atom is 0.123 e. The van der Waals surface area contributed by atoms with Gasteiger partial charge in [0.1, 0.15) is 5.82 Å². The molecule has 108 valence electrons. The minimum Gasteiger partial charge on any atom is -0.390 e. The van der Waals surface area contributed by atoms with Gasteiger partial charge < -0.3 is 15.2 Å². The monoisotopic (exact) mass is 333 g/mol. The van der Waals surface area contributed by atoms with Crippen LogP contribution < -0.4 is 5.32 Å². The molecule has 0 aliphatic heterocycles. The van der Waals surface area contributed by atoms with Gasteiger partial charge in [-0.3, -0.25) is 0 Å². The van der Waals surface area contributed by atoms with Crippen LogP contribution in [0.25, 0.3) is 0 Å². The van der Waals surface area contributed by atoms with E-state index in [-0.39, 0.29) is 5.82 Å². The highest BCUT2D eigenvalue weighted by Crippen LogP contribution is 2.24. The first-order chi connectivity index (χ1) is 8.94. The first kappa shape index (κ1) is 16.6. The lowest BCUT2D eigenvalue weighted by atomic mass is 9.93. The van der Waals surface area contributed by atoms with E-state index in [0.717, 1.165) is 16.6 Å². The van der Waals surface area contributed by atoms with Crippen molar-refractivity contribution < 1.29 is 14.2 Å². The van der Waals surface area contributed by atoms with Crippen molar-refractivity contribution in [1.82, 2.24) is 5.32 Å². The Hall–Kier alpha value is -0.490. The smallest absolute Gasteiger partial charge is 0.123 e. The van der Waals surface area contributed by atoms with Gasteiger partial charge in [-0.15, -0.1) is 0 Å². The third-order valence-corrected chi connectivity index (χ3v) is 3.68. The molecule has 0 saturated carbocycles. The molecular weight excluding hydrogens is 313 g/mol. The molecule has 0 bridgehead atoms. The fraction of sp³-hybridized carbons (Fsp3) is 0.571. The summed E-state index contributed by atoms with van der Waals surface area (Å²) < 4.78 is 18.9. The van der Waals surface area contributed by atoms with Crippen LogP contribution in [0.4, 0.5) is 4.39 Å². The van der Waals surface area contributed by atoms with E-state index in [4.69, 9.17) is 4.74 Å². The van der Waals surface area contributed by atoms with Crippen LogP contribution >= 0.6 is 15.9 Å². The van der Waals surface area contributed by atoms with Crippen molar-refractivity contribution in [2.75, 3.05) is 26.8 Å². The van der Waals surface area contributed by atoms with E-state index in [0.29, 0.717) is 26.0 Å². The maximum atomic E-state index is 13.2. The van der Waals surface area contributed by atoms with Crippen molar-refractivity contribution in [3.05, 3.63) is 34.1 Å². The molecule has 1 aromatic carbocycles. The van der Waals surface area contributed by atoms with Crippen LogP contribution in [-0.4, -0.2) is 37.5 Å². The summed E-state index contributed by atoms with van der Waals surface area (Å²) in [5.41, 5.74) is -0.0852. The molecule has 3 nitrogen and oxygen atoms in total. The summed E-state index contributed by atoms with van der Waals surface area (Å²) in [4.78, 5) is 0. The van der Waals surface area contributed by atoms with Crippen molar-refractivity contribution in [3.63, 3.8) is 0 Å². The molecule has 0 aromatic heterocycles. The number of benzene rings is 1. The number of ether oxygens (including phenoxy) is 1. The Balaban J connectivity index is 2.46. The third kappa shape index (κ3) is 6.47. The molecule has 2 N–H and O–H groups in total. The van der Waals surface area contributed by atoms with Gasteiger partial charge in [0.2, 0.25) is 0 Å². The Morgan fingerprint density at radius 1 is 1.42 bits per heavy atom. The van der Waals surface area contributed by atoms with Crippen LogP contribution in [0.2, 0.25) is 0 Å². The van der Waals surface area contributed by atoms with Crippen molar-refractivity contribution in [1.29, 1.82) is 0 Å². The zero-order valence-electron chi connectivity index (χ0n) is 11.4. The molecule has 0 aliphatic rings.